The third kappa shape index (κ3) is 5.62. The zero-order valence-corrected chi connectivity index (χ0v) is 10.0. The lowest BCUT2D eigenvalue weighted by Crippen LogP contribution is -2.30. The summed E-state index contributed by atoms with van der Waals surface area (Å²) >= 11 is 0. The third-order valence-corrected chi connectivity index (χ3v) is 2.05. The molecule has 1 unspecified atom stereocenters. The normalized spacial score (nSPS) is 11.2. The first-order valence-electron chi connectivity index (χ1n) is 5.27. The molecule has 0 saturated carbocycles. The van der Waals surface area contributed by atoms with Crippen molar-refractivity contribution in [3.8, 4) is 5.75 Å². The fraction of sp³-hybridized carbons (Fsp3) is 0.300. The van der Waals surface area contributed by atoms with Gasteiger partial charge >= 0.3 is 0 Å². The quantitative estimate of drug-likeness (QED) is 0.367. The Labute approximate surface area is 112 Å². The summed E-state index contributed by atoms with van der Waals surface area (Å²) in [5.74, 6) is 0.327. The van der Waals surface area contributed by atoms with E-state index >= 15 is 0 Å². The molecule has 10 heteroatoms. The Balaban J connectivity index is 2.52. The molecule has 0 aliphatic heterocycles. The maximum atomic E-state index is 10.4. The van der Waals surface area contributed by atoms with E-state index in [1.165, 1.54) is 24.3 Å². The molecule has 1 aromatic rings. The minimum Gasteiger partial charge on any atom is -0.491 e. The fourth-order valence-corrected chi connectivity index (χ4v) is 1.21. The molecule has 0 aliphatic carbocycles. The van der Waals surface area contributed by atoms with Crippen LogP contribution in [0.5, 0.6) is 5.75 Å². The molecule has 0 fully saturated rings. The summed E-state index contributed by atoms with van der Waals surface area (Å²) in [6, 6.07) is 5.92. The molecule has 1 rings (SSSR count). The predicted molar refractivity (Wildman–Crippen MR) is 62.1 cm³/mol. The summed E-state index contributed by atoms with van der Waals surface area (Å²) in [6.07, 6.45) is -0.603. The number of aldehydes is 1. The van der Waals surface area contributed by atoms with Gasteiger partial charge in [0.1, 0.15) is 25.2 Å². The molecular formula is C10H10N2O8. The SMILES string of the molecule is O=Cc1ccc(OCC(CO[N+](=O)[O-])O[N+](=O)[O-])cc1. The van der Waals surface area contributed by atoms with Crippen LogP contribution in [0.15, 0.2) is 24.3 Å². The van der Waals surface area contributed by atoms with Crippen molar-refractivity contribution in [2.24, 2.45) is 0 Å². The van der Waals surface area contributed by atoms with Crippen molar-refractivity contribution >= 4 is 6.29 Å². The van der Waals surface area contributed by atoms with Gasteiger partial charge in [-0.2, -0.15) is 0 Å². The van der Waals surface area contributed by atoms with E-state index in [9.17, 15) is 25.0 Å². The summed E-state index contributed by atoms with van der Waals surface area (Å²) in [5.41, 5.74) is 0.437. The Kier molecular flexibility index (Phi) is 5.69. The van der Waals surface area contributed by atoms with Crippen molar-refractivity contribution in [2.75, 3.05) is 13.2 Å². The zero-order valence-electron chi connectivity index (χ0n) is 10.0. The first kappa shape index (κ1) is 15.1. The Morgan fingerprint density at radius 1 is 1.10 bits per heavy atom. The molecule has 1 aromatic carbocycles. The van der Waals surface area contributed by atoms with Crippen LogP contribution in [-0.2, 0) is 9.68 Å². The summed E-state index contributed by atoms with van der Waals surface area (Å²) in [7, 11) is 0. The van der Waals surface area contributed by atoms with Gasteiger partial charge in [0.15, 0.2) is 6.10 Å². The summed E-state index contributed by atoms with van der Waals surface area (Å²) < 4.78 is 5.15. The lowest BCUT2D eigenvalue weighted by Gasteiger charge is -2.14. The van der Waals surface area contributed by atoms with Crippen LogP contribution in [0, 0.1) is 20.2 Å². The highest BCUT2D eigenvalue weighted by Crippen LogP contribution is 2.12. The monoisotopic (exact) mass is 286 g/mol. The van der Waals surface area contributed by atoms with Gasteiger partial charge in [-0.15, -0.1) is 20.2 Å². The van der Waals surface area contributed by atoms with Crippen LogP contribution in [0.3, 0.4) is 0 Å². The van der Waals surface area contributed by atoms with Gasteiger partial charge in [0.2, 0.25) is 0 Å². The van der Waals surface area contributed by atoms with Gasteiger partial charge in [-0.1, -0.05) is 0 Å². The minimum atomic E-state index is -1.25. The topological polar surface area (TPSA) is 131 Å². The molecule has 20 heavy (non-hydrogen) atoms. The second-order valence-corrected chi connectivity index (χ2v) is 3.47. The largest absolute Gasteiger partial charge is 0.491 e. The van der Waals surface area contributed by atoms with Gasteiger partial charge < -0.3 is 14.4 Å². The number of rotatable bonds is 9. The highest BCUT2D eigenvalue weighted by atomic mass is 17.0. The molecule has 108 valence electrons. The summed E-state index contributed by atoms with van der Waals surface area (Å²) in [6.45, 7) is -0.963. The predicted octanol–water partition coefficient (Wildman–Crippen LogP) is 0.663. The molecule has 0 saturated heterocycles. The molecule has 0 aliphatic rings. The molecule has 0 N–H and O–H groups in total. The number of carbonyl (C=O) groups is 1. The molecule has 0 amide bonds. The Morgan fingerprint density at radius 2 is 1.75 bits per heavy atom. The maximum absolute atomic E-state index is 10.4. The lowest BCUT2D eigenvalue weighted by molar-refractivity contribution is -0.790. The highest BCUT2D eigenvalue weighted by Gasteiger charge is 2.16. The van der Waals surface area contributed by atoms with Crippen molar-refractivity contribution in [2.45, 2.75) is 6.10 Å². The maximum Gasteiger partial charge on any atom is 0.294 e. The van der Waals surface area contributed by atoms with Crippen LogP contribution in [0.2, 0.25) is 0 Å². The fourth-order valence-electron chi connectivity index (χ4n) is 1.21. The van der Waals surface area contributed by atoms with Crippen LogP contribution >= 0.6 is 0 Å². The van der Waals surface area contributed by atoms with E-state index in [4.69, 9.17) is 4.74 Å². The third-order valence-electron chi connectivity index (χ3n) is 2.05. The van der Waals surface area contributed by atoms with Crippen LogP contribution < -0.4 is 4.74 Å². The van der Waals surface area contributed by atoms with E-state index in [2.05, 4.69) is 9.68 Å². The van der Waals surface area contributed by atoms with Crippen LogP contribution in [0.4, 0.5) is 0 Å². The number of benzene rings is 1. The van der Waals surface area contributed by atoms with Crippen LogP contribution in [0.25, 0.3) is 0 Å². The first-order valence-corrected chi connectivity index (χ1v) is 5.27. The number of ether oxygens (including phenoxy) is 1. The molecular weight excluding hydrogens is 276 g/mol. The Bertz CT molecular complexity index is 475. The van der Waals surface area contributed by atoms with Crippen LogP contribution in [-0.4, -0.2) is 35.8 Å². The number of hydrogen-bond donors (Lipinski definition) is 0. The van der Waals surface area contributed by atoms with Crippen molar-refractivity contribution in [3.63, 3.8) is 0 Å². The van der Waals surface area contributed by atoms with Crippen molar-refractivity contribution in [1.29, 1.82) is 0 Å². The average molecular weight is 286 g/mol. The van der Waals surface area contributed by atoms with Gasteiger partial charge in [0.25, 0.3) is 10.2 Å². The smallest absolute Gasteiger partial charge is 0.294 e. The minimum absolute atomic E-state index is 0.324. The highest BCUT2D eigenvalue weighted by molar-refractivity contribution is 5.74. The van der Waals surface area contributed by atoms with Crippen molar-refractivity contribution in [3.05, 3.63) is 50.1 Å². The average Bonchev–Trinajstić information content (AvgIpc) is 2.42. The van der Waals surface area contributed by atoms with E-state index in [0.29, 0.717) is 17.6 Å². The molecule has 1 atom stereocenters. The van der Waals surface area contributed by atoms with Gasteiger partial charge in [0, 0.05) is 5.56 Å². The van der Waals surface area contributed by atoms with Crippen molar-refractivity contribution < 1.29 is 29.4 Å². The summed E-state index contributed by atoms with van der Waals surface area (Å²) in [5, 5.41) is 18.1. The van der Waals surface area contributed by atoms with Gasteiger partial charge in [-0.25, -0.2) is 0 Å². The van der Waals surface area contributed by atoms with E-state index in [0.717, 1.165) is 0 Å². The van der Waals surface area contributed by atoms with Gasteiger partial charge in [-0.05, 0) is 24.3 Å². The van der Waals surface area contributed by atoms with E-state index in [1.807, 2.05) is 0 Å². The van der Waals surface area contributed by atoms with Crippen LogP contribution in [0.1, 0.15) is 10.4 Å². The van der Waals surface area contributed by atoms with Gasteiger partial charge in [-0.3, -0.25) is 4.79 Å². The molecule has 0 radical (unpaired) electrons. The summed E-state index contributed by atoms with van der Waals surface area (Å²) in [4.78, 5) is 38.8. The van der Waals surface area contributed by atoms with Gasteiger partial charge in [0.05, 0.1) is 0 Å². The number of carbonyl (C=O) groups excluding carboxylic acids is 1. The zero-order chi connectivity index (χ0) is 15.0. The first-order chi connectivity index (χ1) is 9.51. The molecule has 0 spiro atoms. The van der Waals surface area contributed by atoms with Crippen molar-refractivity contribution in [1.82, 2.24) is 0 Å². The van der Waals surface area contributed by atoms with E-state index < -0.39 is 22.9 Å². The molecule has 0 bridgehead atoms. The van der Waals surface area contributed by atoms with E-state index in [1.54, 1.807) is 0 Å². The molecule has 10 nitrogen and oxygen atoms in total. The second kappa shape index (κ2) is 7.51. The Morgan fingerprint density at radius 3 is 2.25 bits per heavy atom. The number of nitrogens with zero attached hydrogens (tertiary/aromatic N) is 2. The second-order valence-electron chi connectivity index (χ2n) is 3.47. The van der Waals surface area contributed by atoms with E-state index in [-0.39, 0.29) is 6.61 Å². The molecule has 0 heterocycles. The Hall–Kier alpha value is -2.91. The number of hydrogen-bond acceptors (Lipinski definition) is 8. The lowest BCUT2D eigenvalue weighted by atomic mass is 10.2. The standard InChI is InChI=1S/C10H10N2O8/c13-5-8-1-3-9(4-2-8)18-6-10(20-12(16)17)7-19-11(14)15/h1-5,10H,6-7H2. The molecule has 0 aromatic heterocycles.